The normalized spacial score (nSPS) is 11.4. The maximum Gasteiger partial charge on any atom is 0.190 e. The van der Waals surface area contributed by atoms with E-state index in [0.29, 0.717) is 24.5 Å². The van der Waals surface area contributed by atoms with Crippen LogP contribution in [0.4, 0.5) is 8.78 Å². The van der Waals surface area contributed by atoms with Crippen molar-refractivity contribution in [3.63, 3.8) is 0 Å². The highest BCUT2D eigenvalue weighted by molar-refractivity contribution is 14.0. The minimum atomic E-state index is -0.429. The van der Waals surface area contributed by atoms with Gasteiger partial charge in [-0.05, 0) is 55.7 Å². The average Bonchev–Trinajstić information content (AvgIpc) is 3.01. The first-order chi connectivity index (χ1) is 13.6. The van der Waals surface area contributed by atoms with Crippen LogP contribution in [-0.2, 0) is 13.0 Å². The summed E-state index contributed by atoms with van der Waals surface area (Å²) in [5.74, 6) is 0.820. The van der Waals surface area contributed by atoms with Gasteiger partial charge in [-0.15, -0.1) is 24.0 Å². The first kappa shape index (κ1) is 23.1. The summed E-state index contributed by atoms with van der Waals surface area (Å²) in [4.78, 5) is 8.74. The molecule has 0 radical (unpaired) electrons. The predicted molar refractivity (Wildman–Crippen MR) is 124 cm³/mol. The molecule has 0 bridgehead atoms. The van der Waals surface area contributed by atoms with E-state index in [-0.39, 0.29) is 24.0 Å². The Labute approximate surface area is 186 Å². The number of guanidine groups is 1. The highest BCUT2D eigenvalue weighted by atomic mass is 127. The van der Waals surface area contributed by atoms with Gasteiger partial charge in [-0.3, -0.25) is 4.99 Å². The maximum atomic E-state index is 13.7. The Kier molecular flexibility index (Phi) is 8.81. The lowest BCUT2D eigenvalue weighted by Crippen LogP contribution is -2.39. The lowest BCUT2D eigenvalue weighted by molar-refractivity contribution is 0.582. The minimum absolute atomic E-state index is 0. The van der Waals surface area contributed by atoms with Gasteiger partial charge in [0.05, 0.1) is 11.0 Å². The van der Waals surface area contributed by atoms with Crippen LogP contribution in [0.2, 0.25) is 0 Å². The number of nitrogens with one attached hydrogen (secondary N) is 2. The van der Waals surface area contributed by atoms with Crippen LogP contribution >= 0.6 is 24.0 Å². The molecule has 0 unspecified atom stereocenters. The SMILES string of the molecule is CN=C(NCCCn1c(C)nc2ccccc21)NCCc1cc(F)ccc1F.I. The molecule has 0 atom stereocenters. The van der Waals surface area contributed by atoms with Crippen LogP contribution in [0.3, 0.4) is 0 Å². The molecule has 5 nitrogen and oxygen atoms in total. The van der Waals surface area contributed by atoms with Gasteiger partial charge in [-0.25, -0.2) is 13.8 Å². The van der Waals surface area contributed by atoms with Crippen molar-refractivity contribution in [1.29, 1.82) is 0 Å². The summed E-state index contributed by atoms with van der Waals surface area (Å²) >= 11 is 0. The number of rotatable bonds is 7. The van der Waals surface area contributed by atoms with E-state index in [1.54, 1.807) is 7.05 Å². The topological polar surface area (TPSA) is 54.2 Å². The van der Waals surface area contributed by atoms with Crippen molar-refractivity contribution in [2.75, 3.05) is 20.1 Å². The van der Waals surface area contributed by atoms with Crippen LogP contribution in [0.25, 0.3) is 11.0 Å². The zero-order valence-electron chi connectivity index (χ0n) is 16.6. The van der Waals surface area contributed by atoms with E-state index in [1.165, 1.54) is 6.07 Å². The summed E-state index contributed by atoms with van der Waals surface area (Å²) in [6.07, 6.45) is 1.28. The van der Waals surface area contributed by atoms with Crippen molar-refractivity contribution in [2.24, 2.45) is 4.99 Å². The van der Waals surface area contributed by atoms with Crippen LogP contribution in [-0.4, -0.2) is 35.6 Å². The van der Waals surface area contributed by atoms with Crippen LogP contribution in [0.15, 0.2) is 47.5 Å². The van der Waals surface area contributed by atoms with Gasteiger partial charge in [0.25, 0.3) is 0 Å². The number of hydrogen-bond acceptors (Lipinski definition) is 2. The van der Waals surface area contributed by atoms with Gasteiger partial charge in [0.1, 0.15) is 17.5 Å². The van der Waals surface area contributed by atoms with Gasteiger partial charge < -0.3 is 15.2 Å². The first-order valence-corrected chi connectivity index (χ1v) is 9.39. The van der Waals surface area contributed by atoms with Crippen molar-refractivity contribution in [1.82, 2.24) is 20.2 Å². The molecule has 0 spiro atoms. The molecule has 156 valence electrons. The molecule has 1 heterocycles. The van der Waals surface area contributed by atoms with Crippen molar-refractivity contribution in [2.45, 2.75) is 26.3 Å². The number of aliphatic imine (C=N–C) groups is 1. The van der Waals surface area contributed by atoms with Gasteiger partial charge in [0.15, 0.2) is 5.96 Å². The van der Waals surface area contributed by atoms with Gasteiger partial charge in [0.2, 0.25) is 0 Å². The molecule has 3 aromatic rings. The fourth-order valence-corrected chi connectivity index (χ4v) is 3.19. The van der Waals surface area contributed by atoms with Crippen molar-refractivity contribution in [3.05, 3.63) is 65.5 Å². The predicted octanol–water partition coefficient (Wildman–Crippen LogP) is 4.04. The second-order valence-corrected chi connectivity index (χ2v) is 6.56. The van der Waals surface area contributed by atoms with Crippen LogP contribution in [0.1, 0.15) is 17.8 Å². The second kappa shape index (κ2) is 11.1. The van der Waals surface area contributed by atoms with Gasteiger partial charge >= 0.3 is 0 Å². The summed E-state index contributed by atoms with van der Waals surface area (Å²) in [6.45, 7) is 4.07. The highest BCUT2D eigenvalue weighted by Crippen LogP contribution is 2.15. The summed E-state index contributed by atoms with van der Waals surface area (Å²) in [6, 6.07) is 11.6. The number of para-hydroxylation sites is 2. The number of nitrogens with zero attached hydrogens (tertiary/aromatic N) is 3. The number of hydrogen-bond donors (Lipinski definition) is 2. The Morgan fingerprint density at radius 3 is 2.66 bits per heavy atom. The summed E-state index contributed by atoms with van der Waals surface area (Å²) in [5.41, 5.74) is 2.50. The fraction of sp³-hybridized carbons (Fsp3) is 0.333. The van der Waals surface area contributed by atoms with E-state index in [9.17, 15) is 8.78 Å². The molecule has 1 aromatic heterocycles. The molecule has 0 amide bonds. The molecule has 0 aliphatic heterocycles. The minimum Gasteiger partial charge on any atom is -0.356 e. The van der Waals surface area contributed by atoms with Crippen molar-refractivity contribution in [3.8, 4) is 0 Å². The fourth-order valence-electron chi connectivity index (χ4n) is 3.19. The van der Waals surface area contributed by atoms with Gasteiger partial charge in [-0.2, -0.15) is 0 Å². The lowest BCUT2D eigenvalue weighted by Gasteiger charge is -2.13. The third-order valence-corrected chi connectivity index (χ3v) is 4.61. The molecule has 0 aliphatic rings. The third kappa shape index (κ3) is 6.12. The summed E-state index contributed by atoms with van der Waals surface area (Å²) < 4.78 is 29.1. The molecule has 2 aromatic carbocycles. The van der Waals surface area contributed by atoms with Gasteiger partial charge in [-0.1, -0.05) is 12.1 Å². The van der Waals surface area contributed by atoms with Crippen LogP contribution in [0, 0.1) is 18.6 Å². The lowest BCUT2D eigenvalue weighted by atomic mass is 10.1. The van der Waals surface area contributed by atoms with Crippen molar-refractivity contribution < 1.29 is 8.78 Å². The molecule has 2 N–H and O–H groups in total. The molecule has 3 rings (SSSR count). The maximum absolute atomic E-state index is 13.7. The molecular weight excluding hydrogens is 487 g/mol. The van der Waals surface area contributed by atoms with E-state index in [1.807, 2.05) is 25.1 Å². The molecule has 0 fully saturated rings. The van der Waals surface area contributed by atoms with E-state index in [4.69, 9.17) is 0 Å². The van der Waals surface area contributed by atoms with E-state index < -0.39 is 11.6 Å². The Morgan fingerprint density at radius 2 is 1.86 bits per heavy atom. The number of imidazole rings is 1. The van der Waals surface area contributed by atoms with E-state index >= 15 is 0 Å². The molecule has 8 heteroatoms. The largest absolute Gasteiger partial charge is 0.356 e. The molecule has 0 saturated heterocycles. The van der Waals surface area contributed by atoms with E-state index in [0.717, 1.165) is 48.5 Å². The van der Waals surface area contributed by atoms with Gasteiger partial charge in [0, 0.05) is 26.7 Å². The van der Waals surface area contributed by atoms with Crippen LogP contribution in [0.5, 0.6) is 0 Å². The quantitative estimate of drug-likeness (QED) is 0.217. The number of benzene rings is 2. The molecular formula is C21H26F2IN5. The Hall–Kier alpha value is -2.23. The average molecular weight is 513 g/mol. The Morgan fingerprint density at radius 1 is 1.10 bits per heavy atom. The van der Waals surface area contributed by atoms with E-state index in [2.05, 4.69) is 31.2 Å². The first-order valence-electron chi connectivity index (χ1n) is 9.39. The molecule has 0 aliphatic carbocycles. The zero-order chi connectivity index (χ0) is 19.9. The molecule has 29 heavy (non-hydrogen) atoms. The number of aromatic nitrogens is 2. The zero-order valence-corrected chi connectivity index (χ0v) is 18.9. The molecule has 0 saturated carbocycles. The van der Waals surface area contributed by atoms with Crippen molar-refractivity contribution >= 4 is 41.0 Å². The Balaban J connectivity index is 0.00000300. The summed E-state index contributed by atoms with van der Waals surface area (Å²) in [5, 5.41) is 6.38. The van der Waals surface area contributed by atoms with Crippen LogP contribution < -0.4 is 10.6 Å². The summed E-state index contributed by atoms with van der Waals surface area (Å²) in [7, 11) is 1.69. The number of fused-ring (bicyclic) bond motifs is 1. The highest BCUT2D eigenvalue weighted by Gasteiger charge is 2.07. The standard InChI is InChI=1S/C21H25F2N5.HI/c1-15-27-19-6-3-4-7-20(19)28(15)13-5-11-25-21(24-2)26-12-10-16-14-17(22)8-9-18(16)23;/h3-4,6-9,14H,5,10-13H2,1-2H3,(H2,24,25,26);1H. The number of aryl methyl sites for hydroxylation is 2. The second-order valence-electron chi connectivity index (χ2n) is 6.56. The monoisotopic (exact) mass is 513 g/mol. The Bertz CT molecular complexity index is 971. The third-order valence-electron chi connectivity index (χ3n) is 4.61. The smallest absolute Gasteiger partial charge is 0.190 e. The number of halogens is 3.